The molecule has 3 aliphatic rings. The molecular formula is C40H43BrFN3O7Si. The third-order valence-electron chi connectivity index (χ3n) is 11.3. The van der Waals surface area contributed by atoms with Crippen LogP contribution in [0.5, 0.6) is 11.6 Å². The van der Waals surface area contributed by atoms with Crippen molar-refractivity contribution >= 4 is 41.6 Å². The third kappa shape index (κ3) is 6.15. The van der Waals surface area contributed by atoms with E-state index in [-0.39, 0.29) is 70.3 Å². The Hall–Kier alpha value is -4.17. The fourth-order valence-electron chi connectivity index (χ4n) is 7.69. The lowest BCUT2D eigenvalue weighted by atomic mass is 9.57. The van der Waals surface area contributed by atoms with E-state index in [1.54, 1.807) is 0 Å². The van der Waals surface area contributed by atoms with E-state index in [9.17, 15) is 5.11 Å². The molecule has 0 spiro atoms. The fraction of sp³-hybridized carbons (Fsp3) is 0.400. The van der Waals surface area contributed by atoms with E-state index in [1.165, 1.54) is 0 Å². The number of Topliss-reactive ketones (excluding diaryl/α,β-unsaturated/α-hetero) is 2. The Labute approximate surface area is 317 Å². The van der Waals surface area contributed by atoms with Gasteiger partial charge in [-0.3, -0.25) is 14.5 Å². The van der Waals surface area contributed by atoms with Gasteiger partial charge in [-0.2, -0.15) is 4.39 Å². The number of aliphatic hydroxyl groups is 1. The van der Waals surface area contributed by atoms with Crippen molar-refractivity contribution < 1.29 is 37.5 Å². The topological polar surface area (TPSA) is 124 Å². The lowest BCUT2D eigenvalue weighted by molar-refractivity contribution is -0.140. The summed E-state index contributed by atoms with van der Waals surface area (Å²) in [4.78, 5) is 36.9. The van der Waals surface area contributed by atoms with Crippen LogP contribution in [0.15, 0.2) is 75.4 Å². The van der Waals surface area contributed by atoms with Gasteiger partial charge in [0.05, 0.1) is 11.6 Å². The number of benzene rings is 2. The van der Waals surface area contributed by atoms with E-state index in [0.29, 0.717) is 0 Å². The van der Waals surface area contributed by atoms with Gasteiger partial charge < -0.3 is 23.5 Å². The molecule has 278 valence electrons. The first kappa shape index (κ1) is 37.2. The van der Waals surface area contributed by atoms with Crippen molar-refractivity contribution in [1.29, 1.82) is 0 Å². The number of aromatic nitrogens is 2. The van der Waals surface area contributed by atoms with Crippen molar-refractivity contribution in [3.05, 3.63) is 110 Å². The molecule has 3 aliphatic carbocycles. The Kier molecular flexibility index (Phi) is 9.53. The Morgan fingerprint density at radius 2 is 1.58 bits per heavy atom. The van der Waals surface area contributed by atoms with Gasteiger partial charge in [0.25, 0.3) is 5.88 Å². The fourth-order valence-corrected chi connectivity index (χ4v) is 9.61. The number of carbonyl (C=O) groups is 2. The summed E-state index contributed by atoms with van der Waals surface area (Å²) in [5.74, 6) is -3.62. The largest absolute Gasteiger partial charge is 0.507 e. The van der Waals surface area contributed by atoms with Gasteiger partial charge in [0.2, 0.25) is 17.5 Å². The highest BCUT2D eigenvalue weighted by Gasteiger charge is 2.69. The van der Waals surface area contributed by atoms with Crippen LogP contribution >= 0.6 is 15.9 Å². The number of hydrogen-bond donors (Lipinski definition) is 1. The maximum absolute atomic E-state index is 15.8. The second kappa shape index (κ2) is 13.6. The maximum Gasteiger partial charge on any atom is 0.265 e. The molecule has 0 aliphatic heterocycles. The van der Waals surface area contributed by atoms with Crippen LogP contribution in [-0.2, 0) is 28.9 Å². The Morgan fingerprint density at radius 1 is 0.981 bits per heavy atom. The molecule has 0 amide bonds. The summed E-state index contributed by atoms with van der Waals surface area (Å²) in [5, 5.41) is 16.1. The highest BCUT2D eigenvalue weighted by molar-refractivity contribution is 9.10. The van der Waals surface area contributed by atoms with Crippen LogP contribution in [0.1, 0.15) is 71.6 Å². The van der Waals surface area contributed by atoms with Crippen molar-refractivity contribution in [1.82, 2.24) is 15.0 Å². The number of rotatable bonds is 9. The zero-order valence-corrected chi connectivity index (χ0v) is 33.4. The molecule has 4 atom stereocenters. The van der Waals surface area contributed by atoms with Gasteiger partial charge in [0.15, 0.2) is 30.0 Å². The van der Waals surface area contributed by atoms with E-state index in [0.717, 1.165) is 11.1 Å². The summed E-state index contributed by atoms with van der Waals surface area (Å²) in [5.41, 5.74) is -0.164. The first-order valence-electron chi connectivity index (χ1n) is 17.7. The number of aliphatic hydroxyl groups excluding tert-OH is 1. The average Bonchev–Trinajstić information content (AvgIpc) is 3.52. The van der Waals surface area contributed by atoms with Crippen LogP contribution < -0.4 is 9.47 Å². The molecule has 0 bridgehead atoms. The maximum atomic E-state index is 15.8. The van der Waals surface area contributed by atoms with Crippen molar-refractivity contribution in [3.63, 3.8) is 0 Å². The van der Waals surface area contributed by atoms with E-state index >= 15 is 14.0 Å². The minimum Gasteiger partial charge on any atom is -0.507 e. The summed E-state index contributed by atoms with van der Waals surface area (Å²) in [7, 11) is 0.750. The Morgan fingerprint density at radius 3 is 2.17 bits per heavy atom. The molecule has 10 nitrogen and oxygen atoms in total. The number of halogens is 2. The van der Waals surface area contributed by atoms with E-state index < -0.39 is 60.1 Å². The normalized spacial score (nSPS) is 22.6. The van der Waals surface area contributed by atoms with Crippen LogP contribution in [0.2, 0.25) is 18.1 Å². The summed E-state index contributed by atoms with van der Waals surface area (Å²) in [6, 6.07) is 18.2. The molecule has 1 fully saturated rings. The van der Waals surface area contributed by atoms with Crippen molar-refractivity contribution in [2.45, 2.75) is 76.6 Å². The van der Waals surface area contributed by atoms with E-state index in [1.807, 2.05) is 114 Å². The molecule has 1 N–H and O–H groups in total. The second-order valence-corrected chi connectivity index (χ2v) is 21.3. The van der Waals surface area contributed by atoms with E-state index in [4.69, 9.17) is 18.4 Å². The first-order valence-corrected chi connectivity index (χ1v) is 21.4. The van der Waals surface area contributed by atoms with Gasteiger partial charge in [-0.05, 0) is 83.2 Å². The number of carbonyl (C=O) groups excluding carboxylic acids is 2. The molecule has 0 unspecified atom stereocenters. The molecule has 2 aromatic heterocycles. The third-order valence-corrected chi connectivity index (χ3v) is 16.3. The van der Waals surface area contributed by atoms with Crippen LogP contribution in [0, 0.1) is 17.8 Å². The van der Waals surface area contributed by atoms with Gasteiger partial charge >= 0.3 is 0 Å². The van der Waals surface area contributed by atoms with Crippen LogP contribution in [0.4, 0.5) is 4.39 Å². The van der Waals surface area contributed by atoms with Crippen molar-refractivity contribution in [2.24, 2.45) is 11.8 Å². The number of nitrogens with zero attached hydrogens (tertiary/aromatic N) is 3. The molecular weight excluding hydrogens is 761 g/mol. The summed E-state index contributed by atoms with van der Waals surface area (Å²) >= 11 is 3.34. The van der Waals surface area contributed by atoms with Crippen molar-refractivity contribution in [3.8, 4) is 11.6 Å². The zero-order chi connectivity index (χ0) is 38.0. The monoisotopic (exact) mass is 803 g/mol. The quantitative estimate of drug-likeness (QED) is 0.100. The number of pyridine rings is 1. The lowest BCUT2D eigenvalue weighted by Crippen LogP contribution is -2.68. The zero-order valence-electron chi connectivity index (χ0n) is 30.8. The SMILES string of the molecule is CN(C)[C@@H]1c2onc(OCc3ccccc3)c2C(=O)[C@@]2(O[Si](C)(C)C(C)(C)C)C(=O)C3=C(O)c4c(c(F)nc(Br)c4OCc4ccccc4)C[C@H]3C[C@@H]12. The second-order valence-electron chi connectivity index (χ2n) is 15.8. The predicted octanol–water partition coefficient (Wildman–Crippen LogP) is 8.42. The highest BCUT2D eigenvalue weighted by atomic mass is 79.9. The summed E-state index contributed by atoms with van der Waals surface area (Å²) in [6.07, 6.45) is 0.244. The molecule has 13 heteroatoms. The molecule has 4 aromatic rings. The standard InChI is InChI=1S/C40H43BrFN3O7Si/c1-39(2,3)53(6,7)52-40-26(30(45(4)5)32-29(35(40)48)38(44-51-32)50-21-23-16-12-9-13-17-23)19-24-18-25-28(31(46)27(24)34(40)47)33(36(41)43-37(25)42)49-20-22-14-10-8-11-15-22/h8-17,24,26,30,46H,18-21H2,1-7H3/t24-,26-,30-,40-/m0/s1. The Balaban J connectivity index is 1.41. The minimum atomic E-state index is -2.93. The number of ketones is 2. The van der Waals surface area contributed by atoms with Crippen LogP contribution in [0.3, 0.4) is 0 Å². The van der Waals surface area contributed by atoms with Crippen LogP contribution in [0.25, 0.3) is 5.76 Å². The van der Waals surface area contributed by atoms with Gasteiger partial charge in [0, 0.05) is 17.1 Å². The lowest BCUT2D eigenvalue weighted by Gasteiger charge is -2.55. The van der Waals surface area contributed by atoms with Crippen LogP contribution in [-0.4, -0.2) is 59.7 Å². The summed E-state index contributed by atoms with van der Waals surface area (Å²) < 4.78 is 41.3. The molecule has 2 heterocycles. The highest BCUT2D eigenvalue weighted by Crippen LogP contribution is 2.59. The first-order chi connectivity index (χ1) is 25.1. The summed E-state index contributed by atoms with van der Waals surface area (Å²) in [6.45, 7) is 10.3. The molecule has 7 rings (SSSR count). The number of fused-ring (bicyclic) bond motifs is 4. The molecule has 2 aromatic carbocycles. The number of hydrogen-bond acceptors (Lipinski definition) is 10. The van der Waals surface area contributed by atoms with E-state index in [2.05, 4.69) is 26.1 Å². The molecule has 0 radical (unpaired) electrons. The van der Waals surface area contributed by atoms with Gasteiger partial charge in [-0.25, -0.2) is 4.98 Å². The van der Waals surface area contributed by atoms with Gasteiger partial charge in [-0.1, -0.05) is 81.4 Å². The van der Waals surface area contributed by atoms with Gasteiger partial charge in [0.1, 0.15) is 24.5 Å². The average molecular weight is 805 g/mol. The minimum absolute atomic E-state index is 0.00651. The smallest absolute Gasteiger partial charge is 0.265 e. The molecule has 53 heavy (non-hydrogen) atoms. The molecule has 0 saturated heterocycles. The Bertz CT molecular complexity index is 2120. The predicted molar refractivity (Wildman–Crippen MR) is 202 cm³/mol. The number of ether oxygens (including phenoxy) is 2. The molecule has 1 saturated carbocycles. The van der Waals surface area contributed by atoms with Crippen molar-refractivity contribution in [2.75, 3.05) is 14.1 Å². The van der Waals surface area contributed by atoms with Gasteiger partial charge in [-0.15, -0.1) is 0 Å².